The summed E-state index contributed by atoms with van der Waals surface area (Å²) in [6.07, 6.45) is 8.51. The molecule has 2 fully saturated rings. The molecule has 0 spiro atoms. The molecule has 0 aromatic rings. The van der Waals surface area contributed by atoms with Gasteiger partial charge >= 0.3 is 0 Å². The van der Waals surface area contributed by atoms with Gasteiger partial charge in [0.25, 0.3) is 0 Å². The maximum absolute atomic E-state index is 12.8. The number of carbonyl (C=O) groups excluding carboxylic acids is 2. The Morgan fingerprint density at radius 1 is 1.18 bits per heavy atom. The second kappa shape index (κ2) is 6.52. The maximum atomic E-state index is 12.8. The molecule has 2 aliphatic carbocycles. The molecule has 0 aromatic heterocycles. The van der Waals surface area contributed by atoms with Crippen LogP contribution in [0.5, 0.6) is 0 Å². The predicted octanol–water partition coefficient (Wildman–Crippen LogP) is 4.89. The van der Waals surface area contributed by atoms with Gasteiger partial charge in [-0.05, 0) is 51.4 Å². The molecule has 0 aromatic carbocycles. The number of allylic oxidation sites excluding steroid dienone is 4. The smallest absolute Gasteiger partial charge is 0.137 e. The van der Waals surface area contributed by atoms with Gasteiger partial charge in [-0.2, -0.15) is 0 Å². The molecule has 122 valence electrons. The lowest BCUT2D eigenvalue weighted by atomic mass is 9.71. The number of rotatable bonds is 3. The number of fused-ring (bicyclic) bond motifs is 1. The fourth-order valence-electron chi connectivity index (χ4n) is 4.34. The molecule has 4 atom stereocenters. The molecule has 2 nitrogen and oxygen atoms in total. The van der Waals surface area contributed by atoms with E-state index in [2.05, 4.69) is 39.8 Å². The molecule has 1 unspecified atom stereocenters. The van der Waals surface area contributed by atoms with Crippen LogP contribution in [0.3, 0.4) is 0 Å². The average Bonchev–Trinajstić information content (AvgIpc) is 2.71. The summed E-state index contributed by atoms with van der Waals surface area (Å²) in [4.78, 5) is 25.0. The molecule has 0 N–H and O–H groups in total. The standard InChI is InChI=1S/C20H30O2/c1-13(2)7-6-8-14(3)16-9-10-20(5)12-18(22)15(4)11-17(21)19(16)20/h7-8,15-16,19H,6,9-12H2,1-5H3/b14-8+/t15-,16+,19?,20-/m1/s1. The van der Waals surface area contributed by atoms with E-state index in [-0.39, 0.29) is 23.0 Å². The first-order chi connectivity index (χ1) is 10.2. The largest absolute Gasteiger partial charge is 0.299 e. The Balaban J connectivity index is 2.24. The highest BCUT2D eigenvalue weighted by Gasteiger charge is 2.52. The minimum Gasteiger partial charge on any atom is -0.299 e. The first-order valence-corrected chi connectivity index (χ1v) is 8.60. The third-order valence-electron chi connectivity index (χ3n) is 5.71. The van der Waals surface area contributed by atoms with Gasteiger partial charge in [-0.1, -0.05) is 37.1 Å². The van der Waals surface area contributed by atoms with Crippen molar-refractivity contribution in [3.8, 4) is 0 Å². The molecule has 0 saturated heterocycles. The maximum Gasteiger partial charge on any atom is 0.137 e. The zero-order chi connectivity index (χ0) is 16.5. The monoisotopic (exact) mass is 302 g/mol. The van der Waals surface area contributed by atoms with Crippen molar-refractivity contribution in [2.75, 3.05) is 0 Å². The Morgan fingerprint density at radius 3 is 2.50 bits per heavy atom. The van der Waals surface area contributed by atoms with Crippen molar-refractivity contribution >= 4 is 11.6 Å². The van der Waals surface area contributed by atoms with Gasteiger partial charge in [0.2, 0.25) is 0 Å². The van der Waals surface area contributed by atoms with Crippen molar-refractivity contribution in [2.24, 2.45) is 23.2 Å². The van der Waals surface area contributed by atoms with E-state index in [1.807, 2.05) is 6.92 Å². The molecule has 2 heteroatoms. The van der Waals surface area contributed by atoms with E-state index in [1.165, 1.54) is 11.1 Å². The van der Waals surface area contributed by atoms with Gasteiger partial charge in [0, 0.05) is 24.7 Å². The molecular formula is C20H30O2. The van der Waals surface area contributed by atoms with E-state index in [0.29, 0.717) is 24.5 Å². The molecule has 22 heavy (non-hydrogen) atoms. The number of Topliss-reactive ketones (excluding diaryl/α,β-unsaturated/α-hetero) is 2. The van der Waals surface area contributed by atoms with Crippen LogP contribution in [-0.4, -0.2) is 11.6 Å². The van der Waals surface area contributed by atoms with Gasteiger partial charge in [-0.3, -0.25) is 9.59 Å². The lowest BCUT2D eigenvalue weighted by Gasteiger charge is -2.31. The van der Waals surface area contributed by atoms with Crippen LogP contribution in [0, 0.1) is 23.2 Å². The van der Waals surface area contributed by atoms with Crippen LogP contribution >= 0.6 is 0 Å². The summed E-state index contributed by atoms with van der Waals surface area (Å²) < 4.78 is 0. The van der Waals surface area contributed by atoms with Crippen LogP contribution < -0.4 is 0 Å². The molecule has 0 radical (unpaired) electrons. The Labute approximate surface area is 135 Å². The summed E-state index contributed by atoms with van der Waals surface area (Å²) >= 11 is 0. The highest BCUT2D eigenvalue weighted by atomic mass is 16.1. The fraction of sp³-hybridized carbons (Fsp3) is 0.700. The van der Waals surface area contributed by atoms with Crippen molar-refractivity contribution in [1.82, 2.24) is 0 Å². The van der Waals surface area contributed by atoms with Crippen LogP contribution in [0.4, 0.5) is 0 Å². The number of hydrogen-bond acceptors (Lipinski definition) is 2. The molecule has 0 bridgehead atoms. The predicted molar refractivity (Wildman–Crippen MR) is 90.5 cm³/mol. The molecule has 2 rings (SSSR count). The Hall–Kier alpha value is -1.18. The van der Waals surface area contributed by atoms with Crippen molar-refractivity contribution < 1.29 is 9.59 Å². The average molecular weight is 302 g/mol. The summed E-state index contributed by atoms with van der Waals surface area (Å²) in [5.41, 5.74) is 2.54. The van der Waals surface area contributed by atoms with Gasteiger partial charge in [0.15, 0.2) is 0 Å². The van der Waals surface area contributed by atoms with E-state index in [0.717, 1.165) is 19.3 Å². The van der Waals surface area contributed by atoms with Crippen molar-refractivity contribution in [3.05, 3.63) is 23.3 Å². The van der Waals surface area contributed by atoms with Crippen LogP contribution in [0.2, 0.25) is 0 Å². The minimum atomic E-state index is -0.116. The molecule has 2 aliphatic rings. The molecular weight excluding hydrogens is 272 g/mol. The Morgan fingerprint density at radius 2 is 1.86 bits per heavy atom. The molecule has 0 aliphatic heterocycles. The highest BCUT2D eigenvalue weighted by molar-refractivity contribution is 5.93. The van der Waals surface area contributed by atoms with Crippen LogP contribution in [0.15, 0.2) is 23.3 Å². The lowest BCUT2D eigenvalue weighted by molar-refractivity contribution is -0.127. The summed E-state index contributed by atoms with van der Waals surface area (Å²) in [6, 6.07) is 0. The van der Waals surface area contributed by atoms with Gasteiger partial charge in [-0.15, -0.1) is 0 Å². The fourth-order valence-corrected chi connectivity index (χ4v) is 4.34. The van der Waals surface area contributed by atoms with E-state index < -0.39 is 0 Å². The minimum absolute atomic E-state index is 0.0457. The highest BCUT2D eigenvalue weighted by Crippen LogP contribution is 2.54. The van der Waals surface area contributed by atoms with Gasteiger partial charge < -0.3 is 0 Å². The Kier molecular flexibility index (Phi) is 5.09. The van der Waals surface area contributed by atoms with Gasteiger partial charge in [0.05, 0.1) is 0 Å². The van der Waals surface area contributed by atoms with Crippen LogP contribution in [-0.2, 0) is 9.59 Å². The number of hydrogen-bond donors (Lipinski definition) is 0. The van der Waals surface area contributed by atoms with Crippen molar-refractivity contribution in [1.29, 1.82) is 0 Å². The SMILES string of the molecule is CC(C)=CC/C=C(\C)[C@@H]1CC[C@]2(C)CC(=O)[C@H](C)CC(=O)C12. The third-order valence-corrected chi connectivity index (χ3v) is 5.71. The summed E-state index contributed by atoms with van der Waals surface area (Å²) in [7, 11) is 0. The zero-order valence-corrected chi connectivity index (χ0v) is 14.7. The second-order valence-electron chi connectivity index (χ2n) is 7.96. The van der Waals surface area contributed by atoms with Crippen LogP contribution in [0.25, 0.3) is 0 Å². The van der Waals surface area contributed by atoms with Crippen molar-refractivity contribution in [2.45, 2.75) is 66.7 Å². The second-order valence-corrected chi connectivity index (χ2v) is 7.96. The molecule has 0 amide bonds. The van der Waals surface area contributed by atoms with Gasteiger partial charge in [0.1, 0.15) is 11.6 Å². The van der Waals surface area contributed by atoms with E-state index in [4.69, 9.17) is 0 Å². The van der Waals surface area contributed by atoms with E-state index in [9.17, 15) is 9.59 Å². The molecule has 0 heterocycles. The summed E-state index contributed by atoms with van der Waals surface area (Å²) in [5, 5.41) is 0. The number of ketones is 2. The first-order valence-electron chi connectivity index (χ1n) is 8.60. The normalized spacial score (nSPS) is 36.0. The van der Waals surface area contributed by atoms with Crippen LogP contribution in [0.1, 0.15) is 66.7 Å². The summed E-state index contributed by atoms with van der Waals surface area (Å²) in [5.74, 6) is 0.888. The molecule has 2 saturated carbocycles. The zero-order valence-electron chi connectivity index (χ0n) is 14.7. The summed E-state index contributed by atoms with van der Waals surface area (Å²) in [6.45, 7) is 10.5. The van der Waals surface area contributed by atoms with E-state index >= 15 is 0 Å². The topological polar surface area (TPSA) is 34.1 Å². The van der Waals surface area contributed by atoms with Crippen molar-refractivity contribution in [3.63, 3.8) is 0 Å². The first kappa shape index (κ1) is 17.2. The Bertz CT molecular complexity index is 522. The lowest BCUT2D eigenvalue weighted by Crippen LogP contribution is -2.32. The van der Waals surface area contributed by atoms with E-state index in [1.54, 1.807) is 0 Å². The third kappa shape index (κ3) is 3.42. The quantitative estimate of drug-likeness (QED) is 0.696. The van der Waals surface area contributed by atoms with Gasteiger partial charge in [-0.25, -0.2) is 0 Å². The number of carbonyl (C=O) groups is 2.